The molecule has 2 aliphatic rings. The van der Waals surface area contributed by atoms with Gasteiger partial charge in [-0.25, -0.2) is 0 Å². The highest BCUT2D eigenvalue weighted by molar-refractivity contribution is 8.27. The number of fused-ring (bicyclic) bond motifs is 2. The van der Waals surface area contributed by atoms with Gasteiger partial charge in [0.15, 0.2) is 5.84 Å². The van der Waals surface area contributed by atoms with Crippen LogP contribution in [0, 0.1) is 25.2 Å². The predicted molar refractivity (Wildman–Crippen MR) is 133 cm³/mol. The molecule has 1 amide bonds. The summed E-state index contributed by atoms with van der Waals surface area (Å²) in [5.74, 6) is -0.120. The monoisotopic (exact) mass is 441 g/mol. The highest BCUT2D eigenvalue weighted by atomic mass is 32.2. The van der Waals surface area contributed by atoms with E-state index >= 15 is 0 Å². The van der Waals surface area contributed by atoms with Crippen molar-refractivity contribution in [3.8, 4) is 5.69 Å². The largest absolute Gasteiger partial charge is 0.317 e. The van der Waals surface area contributed by atoms with E-state index in [4.69, 9.17) is 5.41 Å². The van der Waals surface area contributed by atoms with Crippen molar-refractivity contribution in [1.82, 2.24) is 9.58 Å². The van der Waals surface area contributed by atoms with Crippen LogP contribution < -0.4 is 0 Å². The van der Waals surface area contributed by atoms with Gasteiger partial charge in [0, 0.05) is 22.7 Å². The highest BCUT2D eigenvalue weighted by Gasteiger charge is 2.36. The molecule has 0 spiro atoms. The zero-order valence-electron chi connectivity index (χ0n) is 18.4. The summed E-state index contributed by atoms with van der Waals surface area (Å²) in [6.07, 6.45) is 1.77. The Morgan fingerprint density at radius 1 is 1.09 bits per heavy atom. The van der Waals surface area contributed by atoms with Gasteiger partial charge in [-0.1, -0.05) is 50.2 Å². The predicted octanol–water partition coefficient (Wildman–Crippen LogP) is 5.52. The van der Waals surface area contributed by atoms with Crippen molar-refractivity contribution in [1.29, 1.82) is 5.41 Å². The number of hydrogen-bond acceptors (Lipinski definition) is 4. The van der Waals surface area contributed by atoms with E-state index in [1.807, 2.05) is 39.0 Å². The molecule has 32 heavy (non-hydrogen) atoms. The van der Waals surface area contributed by atoms with Gasteiger partial charge < -0.3 is 4.57 Å². The lowest BCUT2D eigenvalue weighted by Gasteiger charge is -2.20. The number of carbonyl (C=O) groups excluding carboxylic acids is 1. The number of rotatable bonds is 3. The summed E-state index contributed by atoms with van der Waals surface area (Å²) in [7, 11) is 0. The number of aromatic nitrogens is 1. The molecule has 5 rings (SSSR count). The van der Waals surface area contributed by atoms with Crippen molar-refractivity contribution in [2.24, 2.45) is 16.0 Å². The Kier molecular flexibility index (Phi) is 4.86. The molecule has 7 heteroatoms. The van der Waals surface area contributed by atoms with Crippen LogP contribution in [0.1, 0.15) is 30.8 Å². The Morgan fingerprint density at radius 3 is 2.62 bits per heavy atom. The van der Waals surface area contributed by atoms with Crippen LogP contribution in [0.25, 0.3) is 22.5 Å². The maximum absolute atomic E-state index is 12.8. The number of aliphatic imine (C=N–C) groups is 1. The molecule has 2 aliphatic heterocycles. The number of hydrogen-bond donors (Lipinski definition) is 1. The highest BCUT2D eigenvalue weighted by Crippen LogP contribution is 2.32. The molecule has 0 bridgehead atoms. The summed E-state index contributed by atoms with van der Waals surface area (Å²) in [5.41, 5.74) is 4.30. The maximum Gasteiger partial charge on any atom is 0.283 e. The van der Waals surface area contributed by atoms with Crippen LogP contribution in [0.4, 0.5) is 0 Å². The Hall–Kier alpha value is -3.45. The topological polar surface area (TPSA) is 73.8 Å². The number of benzene rings is 2. The number of aryl methyl sites for hydroxylation is 1. The van der Waals surface area contributed by atoms with Gasteiger partial charge >= 0.3 is 0 Å². The van der Waals surface area contributed by atoms with Crippen molar-refractivity contribution in [3.05, 3.63) is 71.1 Å². The average Bonchev–Trinajstić information content (AvgIpc) is 3.32. The minimum Gasteiger partial charge on any atom is -0.317 e. The van der Waals surface area contributed by atoms with Crippen LogP contribution in [0.3, 0.4) is 0 Å². The van der Waals surface area contributed by atoms with Crippen LogP contribution >= 0.6 is 11.8 Å². The minimum atomic E-state index is -0.399. The second-order valence-electron chi connectivity index (χ2n) is 8.27. The van der Waals surface area contributed by atoms with E-state index in [1.165, 1.54) is 22.2 Å². The lowest BCUT2D eigenvalue weighted by molar-refractivity contribution is -0.114. The molecule has 0 saturated carbocycles. The first-order valence-electron chi connectivity index (χ1n) is 10.5. The second kappa shape index (κ2) is 7.60. The van der Waals surface area contributed by atoms with E-state index in [2.05, 4.69) is 51.9 Å². The van der Waals surface area contributed by atoms with E-state index in [1.54, 1.807) is 6.08 Å². The first kappa shape index (κ1) is 20.5. The molecule has 2 aromatic carbocycles. The number of amidine groups is 2. The summed E-state index contributed by atoms with van der Waals surface area (Å²) in [6.45, 7) is 8.16. The van der Waals surface area contributed by atoms with Crippen LogP contribution in [0.5, 0.6) is 0 Å². The van der Waals surface area contributed by atoms with Gasteiger partial charge in [-0.3, -0.25) is 10.2 Å². The minimum absolute atomic E-state index is 0.0677. The lowest BCUT2D eigenvalue weighted by atomic mass is 10.1. The van der Waals surface area contributed by atoms with E-state index in [9.17, 15) is 4.79 Å². The van der Waals surface area contributed by atoms with Gasteiger partial charge in [0.1, 0.15) is 5.04 Å². The van der Waals surface area contributed by atoms with Crippen LogP contribution in [0.2, 0.25) is 0 Å². The summed E-state index contributed by atoms with van der Waals surface area (Å²) in [4.78, 5) is 17.0. The van der Waals surface area contributed by atoms with Crippen molar-refractivity contribution >= 4 is 50.6 Å². The number of amides is 1. The first-order valence-corrected chi connectivity index (χ1v) is 11.3. The smallest absolute Gasteiger partial charge is 0.283 e. The average molecular weight is 442 g/mol. The zero-order valence-corrected chi connectivity index (χ0v) is 19.2. The summed E-state index contributed by atoms with van der Waals surface area (Å²) in [5, 5.41) is 18.2. The third kappa shape index (κ3) is 3.20. The molecule has 3 aromatic rings. The molecule has 0 atom stereocenters. The lowest BCUT2D eigenvalue weighted by Crippen LogP contribution is -2.35. The van der Waals surface area contributed by atoms with E-state index in [0.29, 0.717) is 5.17 Å². The van der Waals surface area contributed by atoms with E-state index in [-0.39, 0.29) is 17.3 Å². The van der Waals surface area contributed by atoms with Gasteiger partial charge in [0.25, 0.3) is 5.91 Å². The van der Waals surface area contributed by atoms with Gasteiger partial charge in [-0.15, -0.1) is 0 Å². The SMILES string of the molecule is Cc1cc(/C=C2\C(=N)N3N=C(C(C)C)SC3=NC2=O)c(C)n1-c1cccc2ccccc12. The Labute approximate surface area is 190 Å². The molecular formula is C25H23N5OS. The summed E-state index contributed by atoms with van der Waals surface area (Å²) >= 11 is 1.36. The summed E-state index contributed by atoms with van der Waals surface area (Å²) in [6, 6.07) is 16.6. The maximum atomic E-state index is 12.8. The fourth-order valence-electron chi connectivity index (χ4n) is 4.10. The Bertz CT molecular complexity index is 1390. The van der Waals surface area contributed by atoms with Crippen LogP contribution in [0.15, 0.2) is 64.2 Å². The fraction of sp³-hybridized carbons (Fsp3) is 0.200. The second-order valence-corrected chi connectivity index (χ2v) is 9.26. The van der Waals surface area contributed by atoms with Gasteiger partial charge in [0.2, 0.25) is 5.17 Å². The first-order chi connectivity index (χ1) is 15.3. The fourth-order valence-corrected chi connectivity index (χ4v) is 5.00. The quantitative estimate of drug-likeness (QED) is 0.544. The van der Waals surface area contributed by atoms with Gasteiger partial charge in [-0.05, 0) is 54.8 Å². The number of nitrogens with zero attached hydrogens (tertiary/aromatic N) is 4. The molecule has 1 aromatic heterocycles. The van der Waals surface area contributed by atoms with E-state index in [0.717, 1.165) is 33.1 Å². The number of carbonyl (C=O) groups is 1. The Balaban J connectivity index is 1.59. The van der Waals surface area contributed by atoms with Crippen molar-refractivity contribution in [2.75, 3.05) is 0 Å². The van der Waals surface area contributed by atoms with Gasteiger partial charge in [0.05, 0.1) is 11.3 Å². The molecule has 0 fully saturated rings. The molecular weight excluding hydrogens is 418 g/mol. The molecule has 3 heterocycles. The number of nitrogens with one attached hydrogen (secondary N) is 1. The third-order valence-corrected chi connectivity index (χ3v) is 6.95. The van der Waals surface area contributed by atoms with E-state index < -0.39 is 5.91 Å². The zero-order chi connectivity index (χ0) is 22.6. The molecule has 0 saturated heterocycles. The molecule has 1 N–H and O–H groups in total. The molecule has 6 nitrogen and oxygen atoms in total. The standard InChI is InChI=1S/C25H23N5OS/c1-14(2)24-28-30-22(26)20(23(31)27-25(30)32-24)13-18-12-15(3)29(16(18)4)21-11-7-9-17-8-5-6-10-19(17)21/h5-14,26H,1-4H3/b20-13+,26-22?. The molecule has 0 radical (unpaired) electrons. The molecule has 0 unspecified atom stereocenters. The normalized spacial score (nSPS) is 17.4. The third-order valence-electron chi connectivity index (χ3n) is 5.74. The van der Waals surface area contributed by atoms with Crippen LogP contribution in [-0.4, -0.2) is 31.5 Å². The van der Waals surface area contributed by atoms with Crippen molar-refractivity contribution < 1.29 is 4.79 Å². The summed E-state index contributed by atoms with van der Waals surface area (Å²) < 4.78 is 2.20. The van der Waals surface area contributed by atoms with Crippen molar-refractivity contribution in [2.45, 2.75) is 27.7 Å². The molecule has 160 valence electrons. The number of hydrazone groups is 1. The van der Waals surface area contributed by atoms with Gasteiger partial charge in [-0.2, -0.15) is 15.1 Å². The van der Waals surface area contributed by atoms with Crippen molar-refractivity contribution in [3.63, 3.8) is 0 Å². The van der Waals surface area contributed by atoms with Crippen LogP contribution in [-0.2, 0) is 4.79 Å². The Morgan fingerprint density at radius 2 is 1.84 bits per heavy atom. The number of thioether (sulfide) groups is 1. The molecule has 0 aliphatic carbocycles.